The molecule has 7 heteroatoms. The van der Waals surface area contributed by atoms with Crippen LogP contribution in [0, 0.1) is 5.82 Å². The predicted octanol–water partition coefficient (Wildman–Crippen LogP) is 3.28. The van der Waals surface area contributed by atoms with Gasteiger partial charge in [-0.05, 0) is 56.7 Å². The third kappa shape index (κ3) is 2.41. The number of aryl methyl sites for hydroxylation is 1. The van der Waals surface area contributed by atoms with Crippen molar-refractivity contribution in [2.45, 2.75) is 44.6 Å². The lowest BCUT2D eigenvalue weighted by Gasteiger charge is -2.23. The second-order valence-electron chi connectivity index (χ2n) is 7.18. The molecule has 6 nitrogen and oxygen atoms in total. The van der Waals surface area contributed by atoms with Gasteiger partial charge >= 0.3 is 0 Å². The van der Waals surface area contributed by atoms with Gasteiger partial charge in [-0.25, -0.2) is 9.37 Å². The molecule has 2 aromatic heterocycles. The van der Waals surface area contributed by atoms with Crippen LogP contribution < -0.4 is 0 Å². The van der Waals surface area contributed by atoms with Gasteiger partial charge in [0.1, 0.15) is 11.6 Å². The van der Waals surface area contributed by atoms with Gasteiger partial charge in [-0.3, -0.25) is 9.89 Å². The van der Waals surface area contributed by atoms with Crippen molar-refractivity contribution in [3.8, 4) is 0 Å². The maximum atomic E-state index is 13.5. The molecule has 2 N–H and O–H groups in total. The van der Waals surface area contributed by atoms with Crippen molar-refractivity contribution in [1.29, 1.82) is 0 Å². The largest absolute Gasteiger partial charge is 0.340 e. The zero-order valence-electron chi connectivity index (χ0n) is 14.4. The van der Waals surface area contributed by atoms with Gasteiger partial charge in [-0.2, -0.15) is 5.10 Å². The number of nitrogens with one attached hydrogen (secondary N) is 2. The Morgan fingerprint density at radius 1 is 1.23 bits per heavy atom. The van der Waals surface area contributed by atoms with Crippen LogP contribution in [0.4, 0.5) is 4.39 Å². The summed E-state index contributed by atoms with van der Waals surface area (Å²) in [6.07, 6.45) is 5.90. The summed E-state index contributed by atoms with van der Waals surface area (Å²) in [5, 5.41) is 7.38. The quantitative estimate of drug-likeness (QED) is 0.742. The Hall–Kier alpha value is -2.70. The number of rotatable bonds is 2. The smallest absolute Gasteiger partial charge is 0.275 e. The topological polar surface area (TPSA) is 77.7 Å². The fraction of sp³-hybridized carbons (Fsp3) is 0.421. The van der Waals surface area contributed by atoms with Gasteiger partial charge in [0.05, 0.1) is 17.1 Å². The summed E-state index contributed by atoms with van der Waals surface area (Å²) < 4.78 is 13.5. The van der Waals surface area contributed by atoms with Crippen molar-refractivity contribution in [1.82, 2.24) is 25.1 Å². The van der Waals surface area contributed by atoms with Crippen molar-refractivity contribution in [2.24, 2.45) is 0 Å². The Kier molecular flexibility index (Phi) is 3.55. The lowest BCUT2D eigenvalue weighted by molar-refractivity contribution is 0.0723. The predicted molar refractivity (Wildman–Crippen MR) is 94.3 cm³/mol. The van der Waals surface area contributed by atoms with Crippen molar-refractivity contribution in [3.63, 3.8) is 0 Å². The second-order valence-corrected chi connectivity index (χ2v) is 7.18. The summed E-state index contributed by atoms with van der Waals surface area (Å²) in [4.78, 5) is 22.8. The van der Waals surface area contributed by atoms with Crippen molar-refractivity contribution in [3.05, 3.63) is 46.8 Å². The molecule has 0 spiro atoms. The number of carbonyl (C=O) groups is 1. The molecule has 2 aliphatic rings. The molecular weight excluding hydrogens is 333 g/mol. The first-order valence-electron chi connectivity index (χ1n) is 9.23. The van der Waals surface area contributed by atoms with Crippen LogP contribution in [0.5, 0.6) is 0 Å². The Morgan fingerprint density at radius 2 is 2.12 bits per heavy atom. The van der Waals surface area contributed by atoms with Gasteiger partial charge in [-0.1, -0.05) is 0 Å². The number of hydrogen-bond acceptors (Lipinski definition) is 3. The molecule has 1 aliphatic carbocycles. The lowest BCUT2D eigenvalue weighted by atomic mass is 9.95. The van der Waals surface area contributed by atoms with E-state index >= 15 is 0 Å². The number of nitrogens with zero attached hydrogens (tertiary/aromatic N) is 3. The normalized spacial score (nSPS) is 19.9. The second kappa shape index (κ2) is 5.93. The summed E-state index contributed by atoms with van der Waals surface area (Å²) >= 11 is 0. The van der Waals surface area contributed by atoms with Crippen LogP contribution in [0.3, 0.4) is 0 Å². The molecule has 3 aromatic rings. The maximum Gasteiger partial charge on any atom is 0.275 e. The number of imidazole rings is 1. The highest BCUT2D eigenvalue weighted by atomic mass is 19.1. The van der Waals surface area contributed by atoms with Crippen LogP contribution in [0.25, 0.3) is 11.0 Å². The molecule has 1 unspecified atom stereocenters. The van der Waals surface area contributed by atoms with E-state index in [2.05, 4.69) is 20.2 Å². The third-order valence-corrected chi connectivity index (χ3v) is 5.55. The van der Waals surface area contributed by atoms with Crippen LogP contribution in [0.1, 0.15) is 59.3 Å². The molecule has 1 aliphatic heterocycles. The summed E-state index contributed by atoms with van der Waals surface area (Å²) in [7, 11) is 0. The molecule has 0 saturated carbocycles. The number of H-pyrrole nitrogens is 2. The molecule has 0 bridgehead atoms. The average Bonchev–Trinajstić information content (AvgIpc) is 3.37. The van der Waals surface area contributed by atoms with Crippen LogP contribution in [-0.2, 0) is 12.8 Å². The standard InChI is InChI=1S/C19H20FN5O/c20-11-7-8-14-15(10-11)22-18(21-14)16-6-3-9-25(16)19(26)17-12-4-1-2-5-13(12)23-24-17/h7-8,10,16H,1-6,9H2,(H,21,22)(H,23,24). The van der Waals surface area contributed by atoms with E-state index in [0.29, 0.717) is 17.8 Å². The van der Waals surface area contributed by atoms with Gasteiger partial charge < -0.3 is 9.88 Å². The minimum Gasteiger partial charge on any atom is -0.340 e. The molecule has 5 rings (SSSR count). The van der Waals surface area contributed by atoms with E-state index in [1.165, 1.54) is 12.1 Å². The number of likely N-dealkylation sites (tertiary alicyclic amines) is 1. The Bertz CT molecular complexity index is 991. The van der Waals surface area contributed by atoms with Crippen molar-refractivity contribution >= 4 is 16.9 Å². The molecule has 1 saturated heterocycles. The summed E-state index contributed by atoms with van der Waals surface area (Å²) in [6.45, 7) is 0.691. The number of hydrogen-bond donors (Lipinski definition) is 2. The number of carbonyl (C=O) groups excluding carboxylic acids is 1. The van der Waals surface area contributed by atoms with Crippen molar-refractivity contribution in [2.75, 3.05) is 6.54 Å². The maximum absolute atomic E-state index is 13.5. The minimum atomic E-state index is -0.296. The van der Waals surface area contributed by atoms with E-state index in [1.54, 1.807) is 6.07 Å². The fourth-order valence-electron chi connectivity index (χ4n) is 4.25. The molecule has 1 atom stereocenters. The number of benzene rings is 1. The minimum absolute atomic E-state index is 0.0291. The highest BCUT2D eigenvalue weighted by Crippen LogP contribution is 2.34. The van der Waals surface area contributed by atoms with Crippen molar-refractivity contribution < 1.29 is 9.18 Å². The monoisotopic (exact) mass is 353 g/mol. The molecule has 3 heterocycles. The van der Waals surface area contributed by atoms with Gasteiger partial charge in [0.25, 0.3) is 5.91 Å². The number of aromatic amines is 2. The van der Waals surface area contributed by atoms with E-state index in [9.17, 15) is 9.18 Å². The summed E-state index contributed by atoms with van der Waals surface area (Å²) in [6, 6.07) is 4.39. The summed E-state index contributed by atoms with van der Waals surface area (Å²) in [5.74, 6) is 0.398. The molecule has 26 heavy (non-hydrogen) atoms. The first-order chi connectivity index (χ1) is 12.7. The number of fused-ring (bicyclic) bond motifs is 2. The molecule has 0 radical (unpaired) electrons. The molecule has 1 aromatic carbocycles. The number of aromatic nitrogens is 4. The molecular formula is C19H20FN5O. The molecule has 1 fully saturated rings. The highest BCUT2D eigenvalue weighted by molar-refractivity contribution is 5.94. The molecule has 1 amide bonds. The molecule has 134 valence electrons. The van der Waals surface area contributed by atoms with E-state index in [4.69, 9.17) is 0 Å². The van der Waals surface area contributed by atoms with E-state index < -0.39 is 0 Å². The zero-order valence-corrected chi connectivity index (χ0v) is 14.4. The van der Waals surface area contributed by atoms with E-state index in [0.717, 1.165) is 61.1 Å². The average molecular weight is 353 g/mol. The Balaban J connectivity index is 1.48. The van der Waals surface area contributed by atoms with Gasteiger partial charge in [0.2, 0.25) is 0 Å². The van der Waals surface area contributed by atoms with Crippen LogP contribution in [0.2, 0.25) is 0 Å². The Morgan fingerprint density at radius 3 is 3.04 bits per heavy atom. The fourth-order valence-corrected chi connectivity index (χ4v) is 4.25. The Labute approximate surface area is 149 Å². The van der Waals surface area contributed by atoms with Gasteiger partial charge in [0.15, 0.2) is 5.69 Å². The van der Waals surface area contributed by atoms with E-state index in [1.807, 2.05) is 4.90 Å². The number of amides is 1. The SMILES string of the molecule is O=C(c1n[nH]c2c1CCCC2)N1CCCC1c1nc2ccc(F)cc2[nH]1. The zero-order chi connectivity index (χ0) is 17.7. The highest BCUT2D eigenvalue weighted by Gasteiger charge is 2.35. The van der Waals surface area contributed by atoms with Gasteiger partial charge in [-0.15, -0.1) is 0 Å². The van der Waals surface area contributed by atoms with Crippen LogP contribution in [0.15, 0.2) is 18.2 Å². The number of halogens is 1. The first-order valence-corrected chi connectivity index (χ1v) is 9.23. The van der Waals surface area contributed by atoms with Crippen LogP contribution >= 0.6 is 0 Å². The van der Waals surface area contributed by atoms with Crippen LogP contribution in [-0.4, -0.2) is 37.5 Å². The first kappa shape index (κ1) is 15.5. The third-order valence-electron chi connectivity index (χ3n) is 5.55. The van der Waals surface area contributed by atoms with Gasteiger partial charge in [0, 0.05) is 17.8 Å². The van der Waals surface area contributed by atoms with E-state index in [-0.39, 0.29) is 17.8 Å². The summed E-state index contributed by atoms with van der Waals surface area (Å²) in [5.41, 5.74) is 4.14. The lowest BCUT2D eigenvalue weighted by Crippen LogP contribution is -2.32.